The van der Waals surface area contributed by atoms with Crippen molar-refractivity contribution in [2.24, 2.45) is 0 Å². The van der Waals surface area contributed by atoms with Crippen LogP contribution in [0.2, 0.25) is 5.02 Å². The Bertz CT molecular complexity index is 891. The van der Waals surface area contributed by atoms with Crippen LogP contribution in [0.5, 0.6) is 0 Å². The highest BCUT2D eigenvalue weighted by Gasteiger charge is 2.31. The molecular formula is C19H22ClFN2O3S. The molecule has 2 aromatic rings. The van der Waals surface area contributed by atoms with Gasteiger partial charge in [0.2, 0.25) is 15.9 Å². The molecule has 0 aliphatic heterocycles. The predicted octanol–water partition coefficient (Wildman–Crippen LogP) is 3.38. The molecule has 27 heavy (non-hydrogen) atoms. The van der Waals surface area contributed by atoms with E-state index in [1.807, 2.05) is 30.3 Å². The molecule has 5 nitrogen and oxygen atoms in total. The summed E-state index contributed by atoms with van der Waals surface area (Å²) in [6.45, 7) is 2.09. The molecule has 2 aromatic carbocycles. The molecule has 146 valence electrons. The van der Waals surface area contributed by atoms with E-state index in [4.69, 9.17) is 11.6 Å². The van der Waals surface area contributed by atoms with Crippen molar-refractivity contribution in [1.29, 1.82) is 0 Å². The lowest BCUT2D eigenvalue weighted by atomic mass is 10.1. The molecule has 0 radical (unpaired) electrons. The maximum Gasteiger partial charge on any atom is 0.243 e. The summed E-state index contributed by atoms with van der Waals surface area (Å²) in [4.78, 5) is 12.7. The Morgan fingerprint density at radius 2 is 1.89 bits per heavy atom. The van der Waals surface area contributed by atoms with Gasteiger partial charge in [-0.3, -0.25) is 9.10 Å². The highest BCUT2D eigenvalue weighted by molar-refractivity contribution is 7.92. The van der Waals surface area contributed by atoms with Crippen molar-refractivity contribution >= 4 is 33.2 Å². The highest BCUT2D eigenvalue weighted by Crippen LogP contribution is 2.27. The third-order valence-electron chi connectivity index (χ3n) is 4.04. The van der Waals surface area contributed by atoms with Gasteiger partial charge in [-0.05, 0) is 36.6 Å². The number of halogens is 2. The van der Waals surface area contributed by atoms with Crippen molar-refractivity contribution in [1.82, 2.24) is 5.32 Å². The van der Waals surface area contributed by atoms with Gasteiger partial charge in [0.1, 0.15) is 11.9 Å². The maximum absolute atomic E-state index is 13.4. The molecule has 1 amide bonds. The van der Waals surface area contributed by atoms with E-state index >= 15 is 0 Å². The lowest BCUT2D eigenvalue weighted by Crippen LogP contribution is -2.49. The first-order valence-corrected chi connectivity index (χ1v) is 10.7. The minimum Gasteiger partial charge on any atom is -0.354 e. The van der Waals surface area contributed by atoms with Crippen LogP contribution in [-0.4, -0.2) is 33.2 Å². The monoisotopic (exact) mass is 412 g/mol. The van der Waals surface area contributed by atoms with Crippen LogP contribution in [0.3, 0.4) is 0 Å². The lowest BCUT2D eigenvalue weighted by Gasteiger charge is -2.30. The van der Waals surface area contributed by atoms with Crippen LogP contribution in [0.4, 0.5) is 10.1 Å². The molecule has 0 saturated carbocycles. The van der Waals surface area contributed by atoms with E-state index in [2.05, 4.69) is 5.32 Å². The standard InChI is InChI=1S/C19H22ClFN2O3S/c1-3-18(19(24)22-12-11-14-7-5-4-6-8-14)23(27(2,25)26)15-9-10-17(21)16(20)13-15/h4-10,13,18H,3,11-12H2,1-2H3,(H,22,24). The van der Waals surface area contributed by atoms with E-state index in [0.29, 0.717) is 13.0 Å². The molecule has 0 aliphatic rings. The second-order valence-electron chi connectivity index (χ2n) is 6.11. The number of sulfonamides is 1. The quantitative estimate of drug-likeness (QED) is 0.722. The van der Waals surface area contributed by atoms with Gasteiger partial charge in [0.15, 0.2) is 0 Å². The zero-order valence-electron chi connectivity index (χ0n) is 15.2. The highest BCUT2D eigenvalue weighted by atomic mass is 35.5. The molecular weight excluding hydrogens is 391 g/mol. The fraction of sp³-hybridized carbons (Fsp3) is 0.316. The summed E-state index contributed by atoms with van der Waals surface area (Å²) in [7, 11) is -3.79. The molecule has 0 bridgehead atoms. The van der Waals surface area contributed by atoms with E-state index < -0.39 is 27.8 Å². The van der Waals surface area contributed by atoms with Crippen LogP contribution in [0, 0.1) is 5.82 Å². The summed E-state index contributed by atoms with van der Waals surface area (Å²) in [6, 6.07) is 12.3. The zero-order valence-corrected chi connectivity index (χ0v) is 16.7. The van der Waals surface area contributed by atoms with Crippen LogP contribution >= 0.6 is 11.6 Å². The van der Waals surface area contributed by atoms with Crippen molar-refractivity contribution in [3.63, 3.8) is 0 Å². The Morgan fingerprint density at radius 1 is 1.22 bits per heavy atom. The predicted molar refractivity (Wildman–Crippen MR) is 106 cm³/mol. The molecule has 0 aliphatic carbocycles. The smallest absolute Gasteiger partial charge is 0.243 e. The van der Waals surface area contributed by atoms with Crippen LogP contribution in [0.25, 0.3) is 0 Å². The Morgan fingerprint density at radius 3 is 2.44 bits per heavy atom. The average molecular weight is 413 g/mol. The van der Waals surface area contributed by atoms with Gasteiger partial charge in [-0.15, -0.1) is 0 Å². The summed E-state index contributed by atoms with van der Waals surface area (Å²) in [6.07, 6.45) is 1.88. The lowest BCUT2D eigenvalue weighted by molar-refractivity contribution is -0.122. The van der Waals surface area contributed by atoms with E-state index in [1.54, 1.807) is 6.92 Å². The van der Waals surface area contributed by atoms with Crippen LogP contribution < -0.4 is 9.62 Å². The number of carbonyl (C=O) groups is 1. The molecule has 0 spiro atoms. The van der Waals surface area contributed by atoms with Gasteiger partial charge in [-0.1, -0.05) is 48.9 Å². The molecule has 0 fully saturated rings. The Balaban J connectivity index is 2.18. The van der Waals surface area contributed by atoms with Gasteiger partial charge < -0.3 is 5.32 Å². The molecule has 1 atom stereocenters. The molecule has 1 unspecified atom stereocenters. The minimum atomic E-state index is -3.79. The second kappa shape index (κ2) is 9.19. The summed E-state index contributed by atoms with van der Waals surface area (Å²) in [5.41, 5.74) is 1.21. The summed E-state index contributed by atoms with van der Waals surface area (Å²) >= 11 is 5.79. The van der Waals surface area contributed by atoms with Crippen molar-refractivity contribution in [2.45, 2.75) is 25.8 Å². The van der Waals surface area contributed by atoms with Crippen molar-refractivity contribution in [3.05, 3.63) is 64.9 Å². The van der Waals surface area contributed by atoms with Gasteiger partial charge in [-0.25, -0.2) is 12.8 Å². The van der Waals surface area contributed by atoms with Crippen LogP contribution in [0.15, 0.2) is 48.5 Å². The van der Waals surface area contributed by atoms with E-state index in [-0.39, 0.29) is 17.1 Å². The summed E-state index contributed by atoms with van der Waals surface area (Å²) < 4.78 is 39.1. The van der Waals surface area contributed by atoms with Crippen LogP contribution in [-0.2, 0) is 21.2 Å². The SMILES string of the molecule is CCC(C(=O)NCCc1ccccc1)N(c1ccc(F)c(Cl)c1)S(C)(=O)=O. The van der Waals surface area contributed by atoms with Gasteiger partial charge in [-0.2, -0.15) is 0 Å². The van der Waals surface area contributed by atoms with E-state index in [1.165, 1.54) is 12.1 Å². The molecule has 0 aromatic heterocycles. The molecule has 0 saturated heterocycles. The molecule has 0 heterocycles. The fourth-order valence-corrected chi connectivity index (χ4v) is 4.15. The minimum absolute atomic E-state index is 0.147. The Hall–Kier alpha value is -2.12. The second-order valence-corrected chi connectivity index (χ2v) is 8.37. The topological polar surface area (TPSA) is 66.5 Å². The van der Waals surface area contributed by atoms with Crippen molar-refractivity contribution in [3.8, 4) is 0 Å². The Kier molecular flexibility index (Phi) is 7.21. The number of carbonyl (C=O) groups excluding carboxylic acids is 1. The number of nitrogens with zero attached hydrogens (tertiary/aromatic N) is 1. The number of hydrogen-bond donors (Lipinski definition) is 1. The van der Waals surface area contributed by atoms with Gasteiger partial charge >= 0.3 is 0 Å². The maximum atomic E-state index is 13.4. The molecule has 2 rings (SSSR count). The first kappa shape index (κ1) is 21.2. The first-order valence-electron chi connectivity index (χ1n) is 8.50. The zero-order chi connectivity index (χ0) is 20.0. The number of rotatable bonds is 8. The number of amides is 1. The number of hydrogen-bond acceptors (Lipinski definition) is 3. The van der Waals surface area contributed by atoms with Crippen molar-refractivity contribution < 1.29 is 17.6 Å². The molecule has 1 N–H and O–H groups in total. The van der Waals surface area contributed by atoms with E-state index in [0.717, 1.165) is 22.2 Å². The number of benzene rings is 2. The molecule has 8 heteroatoms. The van der Waals surface area contributed by atoms with Gasteiger partial charge in [0.25, 0.3) is 0 Å². The first-order chi connectivity index (χ1) is 12.7. The normalized spacial score (nSPS) is 12.4. The van der Waals surface area contributed by atoms with E-state index in [9.17, 15) is 17.6 Å². The average Bonchev–Trinajstić information content (AvgIpc) is 2.62. The van der Waals surface area contributed by atoms with Crippen molar-refractivity contribution in [2.75, 3.05) is 17.1 Å². The summed E-state index contributed by atoms with van der Waals surface area (Å²) in [5.74, 6) is -1.08. The fourth-order valence-electron chi connectivity index (χ4n) is 2.77. The number of anilines is 1. The number of nitrogens with one attached hydrogen (secondary N) is 1. The third-order valence-corrected chi connectivity index (χ3v) is 5.51. The van der Waals surface area contributed by atoms with Gasteiger partial charge in [0.05, 0.1) is 17.0 Å². The Labute approximate surface area is 164 Å². The summed E-state index contributed by atoms with van der Waals surface area (Å²) in [5, 5.41) is 2.57. The third kappa shape index (κ3) is 5.68. The van der Waals surface area contributed by atoms with Crippen LogP contribution in [0.1, 0.15) is 18.9 Å². The van der Waals surface area contributed by atoms with Gasteiger partial charge in [0, 0.05) is 6.54 Å². The largest absolute Gasteiger partial charge is 0.354 e.